The van der Waals surface area contributed by atoms with E-state index in [-0.39, 0.29) is 10.5 Å². The topological polar surface area (TPSA) is 63.6 Å². The molecule has 0 radical (unpaired) electrons. The third-order valence-corrected chi connectivity index (χ3v) is 3.98. The number of ether oxygens (including phenoxy) is 1. The van der Waals surface area contributed by atoms with Gasteiger partial charge in [-0.1, -0.05) is 17.7 Å². The van der Waals surface area contributed by atoms with Crippen LogP contribution in [0, 0.1) is 6.92 Å². The minimum absolute atomic E-state index is 0.00889. The van der Waals surface area contributed by atoms with Gasteiger partial charge in [-0.05, 0) is 52.2 Å². The highest BCUT2D eigenvalue weighted by Gasteiger charge is 2.21. The summed E-state index contributed by atoms with van der Waals surface area (Å²) in [5.41, 5.74) is 1.29. The van der Waals surface area contributed by atoms with Crippen molar-refractivity contribution in [3.8, 4) is 0 Å². The van der Waals surface area contributed by atoms with Crippen molar-refractivity contribution in [3.05, 3.63) is 29.3 Å². The van der Waals surface area contributed by atoms with Crippen molar-refractivity contribution in [2.45, 2.75) is 51.0 Å². The normalized spacial score (nSPS) is 12.7. The molecule has 0 unspecified atom stereocenters. The first-order chi connectivity index (χ1) is 8.65. The van der Waals surface area contributed by atoms with Crippen molar-refractivity contribution in [3.63, 3.8) is 0 Å². The lowest BCUT2D eigenvalue weighted by atomic mass is 9.97. The van der Waals surface area contributed by atoms with Crippen molar-refractivity contribution < 1.29 is 17.7 Å². The summed E-state index contributed by atoms with van der Waals surface area (Å²) in [5.74, 6) is 0. The maximum atomic E-state index is 11.3. The van der Waals surface area contributed by atoms with E-state index in [1.54, 1.807) is 12.1 Å². The second-order valence-electron chi connectivity index (χ2n) is 5.28. The number of hydrogen-bond donors (Lipinski definition) is 1. The van der Waals surface area contributed by atoms with Crippen LogP contribution in [-0.2, 0) is 21.3 Å². The van der Waals surface area contributed by atoms with Gasteiger partial charge < -0.3 is 4.74 Å². The molecular formula is C14H22O4S. The third-order valence-electron chi connectivity index (χ3n) is 3.03. The molecule has 0 heterocycles. The van der Waals surface area contributed by atoms with E-state index >= 15 is 0 Å². The van der Waals surface area contributed by atoms with Gasteiger partial charge in [0.25, 0.3) is 10.1 Å². The van der Waals surface area contributed by atoms with Gasteiger partial charge in [-0.3, -0.25) is 4.55 Å². The Morgan fingerprint density at radius 1 is 1.32 bits per heavy atom. The molecule has 1 rings (SSSR count). The van der Waals surface area contributed by atoms with Crippen LogP contribution in [-0.4, -0.2) is 25.2 Å². The monoisotopic (exact) mass is 286 g/mol. The quantitative estimate of drug-likeness (QED) is 0.817. The van der Waals surface area contributed by atoms with E-state index in [9.17, 15) is 13.0 Å². The van der Waals surface area contributed by atoms with E-state index in [0.717, 1.165) is 5.56 Å². The fourth-order valence-electron chi connectivity index (χ4n) is 2.05. The third kappa shape index (κ3) is 4.93. The second kappa shape index (κ2) is 6.03. The molecule has 1 N–H and O–H groups in total. The Hall–Kier alpha value is -0.910. The van der Waals surface area contributed by atoms with Crippen LogP contribution in [0.3, 0.4) is 0 Å². The van der Waals surface area contributed by atoms with Gasteiger partial charge in [-0.15, -0.1) is 0 Å². The first kappa shape index (κ1) is 16.1. The molecule has 1 aromatic carbocycles. The molecule has 0 bridgehead atoms. The van der Waals surface area contributed by atoms with Crippen molar-refractivity contribution in [1.82, 2.24) is 0 Å². The van der Waals surface area contributed by atoms with Crippen molar-refractivity contribution >= 4 is 10.1 Å². The molecule has 0 aliphatic rings. The molecule has 19 heavy (non-hydrogen) atoms. The summed E-state index contributed by atoms with van der Waals surface area (Å²) in [5, 5.41) is 0. The van der Waals surface area contributed by atoms with Gasteiger partial charge in [0.15, 0.2) is 0 Å². The second-order valence-corrected chi connectivity index (χ2v) is 6.67. The zero-order valence-corrected chi connectivity index (χ0v) is 12.8. The van der Waals surface area contributed by atoms with Crippen LogP contribution in [0.1, 0.15) is 38.3 Å². The maximum Gasteiger partial charge on any atom is 0.294 e. The van der Waals surface area contributed by atoms with Gasteiger partial charge in [0.2, 0.25) is 0 Å². The molecule has 0 fully saturated rings. The average Bonchev–Trinajstić information content (AvgIpc) is 2.25. The van der Waals surface area contributed by atoms with Gasteiger partial charge in [-0.2, -0.15) is 8.42 Å². The standard InChI is InChI=1S/C14H22O4S/c1-5-18-14(3,4)9-8-12-10-11(2)6-7-13(12)19(15,16)17/h6-7,10H,5,8-9H2,1-4H3,(H,15,16,17). The SMILES string of the molecule is CCOC(C)(C)CCc1cc(C)ccc1S(=O)(=O)O. The zero-order valence-electron chi connectivity index (χ0n) is 11.9. The highest BCUT2D eigenvalue weighted by molar-refractivity contribution is 7.85. The summed E-state index contributed by atoms with van der Waals surface area (Å²) < 4.78 is 37.5. The predicted molar refractivity (Wildman–Crippen MR) is 75.0 cm³/mol. The van der Waals surface area contributed by atoms with Crippen molar-refractivity contribution in [2.24, 2.45) is 0 Å². The molecule has 1 aromatic rings. The van der Waals surface area contributed by atoms with Crippen LogP contribution >= 0.6 is 0 Å². The Morgan fingerprint density at radius 3 is 2.47 bits per heavy atom. The lowest BCUT2D eigenvalue weighted by molar-refractivity contribution is -0.0159. The van der Waals surface area contributed by atoms with Crippen LogP contribution in [0.5, 0.6) is 0 Å². The maximum absolute atomic E-state index is 11.3. The first-order valence-corrected chi connectivity index (χ1v) is 7.81. The molecule has 5 heteroatoms. The Kier molecular flexibility index (Phi) is 5.12. The summed E-state index contributed by atoms with van der Waals surface area (Å²) in [6.07, 6.45) is 1.23. The Bertz CT molecular complexity index is 532. The van der Waals surface area contributed by atoms with Crippen LogP contribution in [0.4, 0.5) is 0 Å². The highest BCUT2D eigenvalue weighted by Crippen LogP contribution is 2.23. The summed E-state index contributed by atoms with van der Waals surface area (Å²) in [6.45, 7) is 8.38. The van der Waals surface area contributed by atoms with Gasteiger partial charge in [0, 0.05) is 6.61 Å². The molecule has 0 spiro atoms. The lowest BCUT2D eigenvalue weighted by Gasteiger charge is -2.25. The molecular weight excluding hydrogens is 264 g/mol. The minimum atomic E-state index is -4.17. The summed E-state index contributed by atoms with van der Waals surface area (Å²) in [7, 11) is -4.17. The van der Waals surface area contributed by atoms with Crippen LogP contribution in [0.25, 0.3) is 0 Å². The molecule has 0 aromatic heterocycles. The number of benzene rings is 1. The Balaban J connectivity index is 2.98. The Labute approximate surface area is 115 Å². The van der Waals surface area contributed by atoms with E-state index in [0.29, 0.717) is 25.0 Å². The molecule has 0 amide bonds. The van der Waals surface area contributed by atoms with E-state index in [1.165, 1.54) is 6.07 Å². The average molecular weight is 286 g/mol. The van der Waals surface area contributed by atoms with Crippen LogP contribution < -0.4 is 0 Å². The van der Waals surface area contributed by atoms with Crippen molar-refractivity contribution in [2.75, 3.05) is 6.61 Å². The summed E-state index contributed by atoms with van der Waals surface area (Å²) in [6, 6.07) is 4.93. The van der Waals surface area contributed by atoms with E-state index in [1.807, 2.05) is 27.7 Å². The van der Waals surface area contributed by atoms with E-state index in [2.05, 4.69) is 0 Å². The number of hydrogen-bond acceptors (Lipinski definition) is 3. The number of rotatable bonds is 6. The highest BCUT2D eigenvalue weighted by atomic mass is 32.2. The summed E-state index contributed by atoms with van der Waals surface area (Å²) >= 11 is 0. The Morgan fingerprint density at radius 2 is 1.95 bits per heavy atom. The largest absolute Gasteiger partial charge is 0.376 e. The molecule has 4 nitrogen and oxygen atoms in total. The molecule has 0 aliphatic carbocycles. The zero-order chi connectivity index (χ0) is 14.7. The minimum Gasteiger partial charge on any atom is -0.376 e. The molecule has 0 saturated carbocycles. The number of aryl methyl sites for hydroxylation is 2. The van der Waals surface area contributed by atoms with Crippen LogP contribution in [0.15, 0.2) is 23.1 Å². The predicted octanol–water partition coefficient (Wildman–Crippen LogP) is 2.99. The van der Waals surface area contributed by atoms with E-state index in [4.69, 9.17) is 4.74 Å². The smallest absolute Gasteiger partial charge is 0.294 e. The molecule has 108 valence electrons. The van der Waals surface area contributed by atoms with Gasteiger partial charge in [0.1, 0.15) is 0 Å². The van der Waals surface area contributed by atoms with Gasteiger partial charge in [-0.25, -0.2) is 0 Å². The van der Waals surface area contributed by atoms with E-state index < -0.39 is 10.1 Å². The summed E-state index contributed by atoms with van der Waals surface area (Å²) in [4.78, 5) is -0.00889. The lowest BCUT2D eigenvalue weighted by Crippen LogP contribution is -2.25. The van der Waals surface area contributed by atoms with Crippen molar-refractivity contribution in [1.29, 1.82) is 0 Å². The molecule has 0 atom stereocenters. The molecule has 0 saturated heterocycles. The fourth-order valence-corrected chi connectivity index (χ4v) is 2.79. The first-order valence-electron chi connectivity index (χ1n) is 6.37. The van der Waals surface area contributed by atoms with Crippen LogP contribution in [0.2, 0.25) is 0 Å². The van der Waals surface area contributed by atoms with Gasteiger partial charge >= 0.3 is 0 Å². The molecule has 0 aliphatic heterocycles. The fraction of sp³-hybridized carbons (Fsp3) is 0.571. The van der Waals surface area contributed by atoms with Gasteiger partial charge in [0.05, 0.1) is 10.5 Å².